The molecule has 1 saturated heterocycles. The van der Waals surface area contributed by atoms with Crippen LogP contribution in [0, 0.1) is 42.6 Å². The zero-order valence-electron chi connectivity index (χ0n) is 17.3. The van der Waals surface area contributed by atoms with Gasteiger partial charge in [-0.2, -0.15) is 10.1 Å². The maximum absolute atomic E-state index is 13.1. The maximum Gasteiger partial charge on any atom is 0.254 e. The number of rotatable bonds is 5. The van der Waals surface area contributed by atoms with Gasteiger partial charge in [0.05, 0.1) is 25.2 Å². The van der Waals surface area contributed by atoms with Gasteiger partial charge in [0.2, 0.25) is 0 Å². The largest absolute Gasteiger partial charge is 0.487 e. The Bertz CT molecular complexity index is 1170. The van der Waals surface area contributed by atoms with Gasteiger partial charge in [0, 0.05) is 4.47 Å². The number of halogens is 3. The molecule has 3 fully saturated rings. The van der Waals surface area contributed by atoms with Crippen molar-refractivity contribution in [2.45, 2.75) is 13.0 Å². The van der Waals surface area contributed by atoms with Gasteiger partial charge >= 0.3 is 0 Å². The van der Waals surface area contributed by atoms with Crippen molar-refractivity contribution in [3.63, 3.8) is 0 Å². The fourth-order valence-corrected chi connectivity index (χ4v) is 8.10. The molecule has 0 spiro atoms. The lowest BCUT2D eigenvalue weighted by Gasteiger charge is -2.37. The topological polar surface area (TPSA) is 59.0 Å². The van der Waals surface area contributed by atoms with Crippen LogP contribution in [0.25, 0.3) is 0 Å². The molecule has 2 aromatic rings. The van der Waals surface area contributed by atoms with Crippen molar-refractivity contribution >= 4 is 79.1 Å². The van der Waals surface area contributed by atoms with Gasteiger partial charge in [-0.05, 0) is 111 Å². The third-order valence-corrected chi connectivity index (χ3v) is 9.41. The van der Waals surface area contributed by atoms with E-state index in [2.05, 4.69) is 78.4 Å². The molecule has 168 valence electrons. The molecule has 5 aliphatic rings. The molecule has 4 aliphatic carbocycles. The van der Waals surface area contributed by atoms with Crippen LogP contribution < -0.4 is 4.74 Å². The van der Waals surface area contributed by atoms with Crippen molar-refractivity contribution in [2.24, 2.45) is 40.6 Å². The van der Waals surface area contributed by atoms with E-state index < -0.39 is 0 Å². The predicted octanol–water partition coefficient (Wildman–Crippen LogP) is 5.62. The molecule has 0 unspecified atom stereocenters. The van der Waals surface area contributed by atoms with Crippen LogP contribution in [-0.2, 0) is 16.2 Å². The van der Waals surface area contributed by atoms with E-state index in [1.54, 1.807) is 6.21 Å². The SMILES string of the molecule is O=C1[C@H]2[C@@H]3C=C[C@H]([C@H]4C[C@H]34)[C@@H]2C(=O)N1/N=C/c1cc(I)c(OCc2ccc(Br)cc2)c(I)c1. The summed E-state index contributed by atoms with van der Waals surface area (Å²) in [4.78, 5) is 26.2. The Morgan fingerprint density at radius 3 is 2.15 bits per heavy atom. The summed E-state index contributed by atoms with van der Waals surface area (Å²) in [5.74, 6) is 1.72. The van der Waals surface area contributed by atoms with Gasteiger partial charge in [-0.15, -0.1) is 0 Å². The molecule has 1 aliphatic heterocycles. The Morgan fingerprint density at radius 2 is 1.58 bits per heavy atom. The first-order valence-corrected chi connectivity index (χ1v) is 13.8. The minimum Gasteiger partial charge on any atom is -0.487 e. The van der Waals surface area contributed by atoms with Gasteiger partial charge < -0.3 is 4.74 Å². The first kappa shape index (κ1) is 22.2. The molecule has 0 radical (unpaired) electrons. The number of hydrazone groups is 1. The maximum atomic E-state index is 13.1. The lowest BCUT2D eigenvalue weighted by atomic mass is 9.63. The number of imide groups is 1. The van der Waals surface area contributed by atoms with E-state index in [0.29, 0.717) is 18.4 Å². The van der Waals surface area contributed by atoms with E-state index in [0.717, 1.165) is 39.9 Å². The van der Waals surface area contributed by atoms with Gasteiger partial charge in [0.15, 0.2) is 0 Å². The molecule has 2 saturated carbocycles. The molecule has 8 heteroatoms. The zero-order chi connectivity index (χ0) is 22.9. The van der Waals surface area contributed by atoms with Crippen LogP contribution in [0.2, 0.25) is 0 Å². The highest BCUT2D eigenvalue weighted by Crippen LogP contribution is 2.65. The van der Waals surface area contributed by atoms with Gasteiger partial charge in [-0.3, -0.25) is 9.59 Å². The minimum absolute atomic E-state index is 0.134. The van der Waals surface area contributed by atoms with Crippen LogP contribution >= 0.6 is 61.1 Å². The number of benzene rings is 2. The standard InChI is InChI=1S/C25H19BrI2N2O3/c26-14-3-1-12(2-4-14)11-33-23-19(27)7-13(8-20(23)28)10-29-30-24(31)21-15-5-6-16(18-9-17(15)18)22(21)25(30)32/h1-8,10,15-18,21-22H,9,11H2/b29-10+/t15-,16-,17-,18-,21+,22+/m1/s1. The van der Waals surface area contributed by atoms with Gasteiger partial charge in [0.25, 0.3) is 11.8 Å². The second-order valence-corrected chi connectivity index (χ2v) is 12.4. The predicted molar refractivity (Wildman–Crippen MR) is 144 cm³/mol. The number of allylic oxidation sites excluding steroid dienone is 2. The average Bonchev–Trinajstić information content (AvgIpc) is 3.57. The van der Waals surface area contributed by atoms with E-state index in [4.69, 9.17) is 4.74 Å². The second kappa shape index (κ2) is 8.44. The molecule has 5 nitrogen and oxygen atoms in total. The summed E-state index contributed by atoms with van der Waals surface area (Å²) in [6.45, 7) is 0.477. The molecule has 6 atom stereocenters. The summed E-state index contributed by atoms with van der Waals surface area (Å²) in [5.41, 5.74) is 1.92. The number of amides is 2. The van der Waals surface area contributed by atoms with E-state index in [-0.39, 0.29) is 35.5 Å². The first-order chi connectivity index (χ1) is 15.9. The van der Waals surface area contributed by atoms with E-state index in [1.807, 2.05) is 36.4 Å². The Balaban J connectivity index is 1.18. The van der Waals surface area contributed by atoms with Crippen molar-refractivity contribution in [1.82, 2.24) is 5.01 Å². The average molecular weight is 729 g/mol. The molecule has 0 aromatic heterocycles. The summed E-state index contributed by atoms with van der Waals surface area (Å²) in [6.07, 6.45) is 7.13. The third kappa shape index (κ3) is 3.80. The smallest absolute Gasteiger partial charge is 0.254 e. The van der Waals surface area contributed by atoms with Crippen LogP contribution in [0.15, 0.2) is 58.1 Å². The number of hydrogen-bond donors (Lipinski definition) is 0. The van der Waals surface area contributed by atoms with Gasteiger partial charge in [-0.25, -0.2) is 0 Å². The van der Waals surface area contributed by atoms with Crippen LogP contribution in [0.3, 0.4) is 0 Å². The quantitative estimate of drug-likeness (QED) is 0.174. The fourth-order valence-electron chi connectivity index (χ4n) is 5.71. The molecule has 33 heavy (non-hydrogen) atoms. The van der Waals surface area contributed by atoms with Crippen molar-refractivity contribution in [3.05, 3.63) is 71.3 Å². The summed E-state index contributed by atoms with van der Waals surface area (Å²) >= 11 is 7.94. The molecule has 1 heterocycles. The minimum atomic E-state index is -0.219. The number of ether oxygens (including phenoxy) is 1. The zero-order valence-corrected chi connectivity index (χ0v) is 23.2. The lowest BCUT2D eigenvalue weighted by Crippen LogP contribution is -2.40. The van der Waals surface area contributed by atoms with Crippen LogP contribution in [0.1, 0.15) is 17.5 Å². The number of hydrogen-bond acceptors (Lipinski definition) is 4. The third-order valence-electron chi connectivity index (χ3n) is 7.28. The monoisotopic (exact) mass is 728 g/mol. The molecule has 2 bridgehead atoms. The Kier molecular flexibility index (Phi) is 5.68. The first-order valence-electron chi connectivity index (χ1n) is 10.9. The molecular formula is C25H19BrI2N2O3. The fraction of sp³-hybridized carbons (Fsp3) is 0.320. The molecular weight excluding hydrogens is 710 g/mol. The van der Waals surface area contributed by atoms with Crippen LogP contribution in [0.5, 0.6) is 5.75 Å². The highest BCUT2D eigenvalue weighted by atomic mass is 127. The summed E-state index contributed by atoms with van der Waals surface area (Å²) in [6, 6.07) is 12.0. The molecule has 0 N–H and O–H groups in total. The molecule has 2 amide bonds. The van der Waals surface area contributed by atoms with Crippen molar-refractivity contribution in [1.29, 1.82) is 0 Å². The van der Waals surface area contributed by atoms with Crippen LogP contribution in [0.4, 0.5) is 0 Å². The van der Waals surface area contributed by atoms with Crippen molar-refractivity contribution in [2.75, 3.05) is 0 Å². The number of carbonyl (C=O) groups is 2. The highest BCUT2D eigenvalue weighted by molar-refractivity contribution is 14.1. The van der Waals surface area contributed by atoms with Crippen molar-refractivity contribution < 1.29 is 14.3 Å². The lowest BCUT2D eigenvalue weighted by molar-refractivity contribution is -0.140. The summed E-state index contributed by atoms with van der Waals surface area (Å²) in [5, 5.41) is 5.49. The number of nitrogens with zero attached hydrogens (tertiary/aromatic N) is 2. The molecule has 2 aromatic carbocycles. The van der Waals surface area contributed by atoms with Gasteiger partial charge in [-0.1, -0.05) is 40.2 Å². The van der Waals surface area contributed by atoms with E-state index in [9.17, 15) is 9.59 Å². The van der Waals surface area contributed by atoms with E-state index in [1.165, 1.54) is 0 Å². The van der Waals surface area contributed by atoms with Crippen molar-refractivity contribution in [3.8, 4) is 5.75 Å². The summed E-state index contributed by atoms with van der Waals surface area (Å²) < 4.78 is 9.01. The Hall–Kier alpha value is -1.27. The highest BCUT2D eigenvalue weighted by Gasteiger charge is 2.67. The van der Waals surface area contributed by atoms with Gasteiger partial charge in [0.1, 0.15) is 12.4 Å². The molecule has 7 rings (SSSR count). The summed E-state index contributed by atoms with van der Waals surface area (Å²) in [7, 11) is 0. The Morgan fingerprint density at radius 1 is 1.00 bits per heavy atom. The Labute approximate surface area is 227 Å². The van der Waals surface area contributed by atoms with Crippen LogP contribution in [-0.4, -0.2) is 23.0 Å². The number of carbonyl (C=O) groups excluding carboxylic acids is 2. The van der Waals surface area contributed by atoms with E-state index >= 15 is 0 Å². The normalized spacial score (nSPS) is 31.3. The second-order valence-electron chi connectivity index (χ2n) is 9.12.